The molecule has 1 aliphatic rings. The SMILES string of the molecule is CCCCC/C=C\C/C=C\C/C=C\C/C=C\CCCCCCCC(=O)OC1C(OCC(NC(=O)C(O)CCCCCCCCCCCCCC)C(O)/C=C/CCCCCCCCCCC)OC(CO)C(O)C1O. The summed E-state index contributed by atoms with van der Waals surface area (Å²) in [5.41, 5.74) is 0. The maximum absolute atomic E-state index is 13.4. The summed E-state index contributed by atoms with van der Waals surface area (Å²) >= 11 is 0. The van der Waals surface area contributed by atoms with E-state index in [-0.39, 0.29) is 13.0 Å². The average molecular weight is 1030 g/mol. The molecular weight excluding hydrogens is 919 g/mol. The summed E-state index contributed by atoms with van der Waals surface area (Å²) in [6.07, 6.45) is 51.2. The molecule has 8 atom stereocenters. The minimum absolute atomic E-state index is 0.102. The fraction of sp³-hybridized carbons (Fsp3) is 0.806. The third-order valence-electron chi connectivity index (χ3n) is 13.9. The van der Waals surface area contributed by atoms with Crippen LogP contribution >= 0.6 is 0 Å². The molecule has 0 radical (unpaired) electrons. The molecule has 0 spiro atoms. The van der Waals surface area contributed by atoms with E-state index in [0.29, 0.717) is 19.3 Å². The van der Waals surface area contributed by atoms with Crippen molar-refractivity contribution in [3.63, 3.8) is 0 Å². The highest BCUT2D eigenvalue weighted by Gasteiger charge is 2.47. The quantitative estimate of drug-likeness (QED) is 0.0195. The molecule has 8 unspecified atom stereocenters. The van der Waals surface area contributed by atoms with Crippen molar-refractivity contribution in [3.05, 3.63) is 60.8 Å². The van der Waals surface area contributed by atoms with E-state index >= 15 is 0 Å². The zero-order valence-corrected chi connectivity index (χ0v) is 46.7. The van der Waals surface area contributed by atoms with E-state index in [0.717, 1.165) is 89.9 Å². The minimum atomic E-state index is -1.62. The number of allylic oxidation sites excluding steroid dienone is 9. The lowest BCUT2D eigenvalue weighted by Crippen LogP contribution is -2.61. The second-order valence-corrected chi connectivity index (χ2v) is 20.7. The Morgan fingerprint density at radius 3 is 1.44 bits per heavy atom. The van der Waals surface area contributed by atoms with Crippen LogP contribution in [0.5, 0.6) is 0 Å². The van der Waals surface area contributed by atoms with Gasteiger partial charge in [-0.1, -0.05) is 242 Å². The molecule has 11 nitrogen and oxygen atoms in total. The Bertz CT molecular complexity index is 1420. The Kier molecular flexibility index (Phi) is 47.0. The highest BCUT2D eigenvalue weighted by molar-refractivity contribution is 5.80. The van der Waals surface area contributed by atoms with E-state index in [1.807, 2.05) is 6.08 Å². The molecule has 0 bridgehead atoms. The van der Waals surface area contributed by atoms with Crippen LogP contribution in [0.4, 0.5) is 0 Å². The van der Waals surface area contributed by atoms with Crippen molar-refractivity contribution in [2.45, 2.75) is 307 Å². The standard InChI is InChI=1S/C62H111NO10/c1-4-7-10-13-16-19-22-24-25-26-27-28-29-30-31-32-35-38-41-44-47-50-57(67)73-60-59(69)58(68)56(51-64)72-62(60)71-52-53(54(65)48-45-42-39-36-33-21-18-15-12-9-6-3)63-61(70)55(66)49-46-43-40-37-34-23-20-17-14-11-8-5-2/h16,19,24-25,27-28,30-31,45,48,53-56,58-60,62,64-66,68-69H,4-15,17-18,20-23,26,29,32-44,46-47,49-52H2,1-3H3,(H,63,70)/b19-16-,25-24-,28-27-,31-30-,48-45+. The number of hydrogen-bond donors (Lipinski definition) is 6. The zero-order chi connectivity index (χ0) is 53.3. The van der Waals surface area contributed by atoms with Crippen molar-refractivity contribution in [2.75, 3.05) is 13.2 Å². The van der Waals surface area contributed by atoms with Gasteiger partial charge in [0.05, 0.1) is 25.4 Å². The Morgan fingerprint density at radius 1 is 0.534 bits per heavy atom. The molecule has 11 heteroatoms. The van der Waals surface area contributed by atoms with Gasteiger partial charge in [-0.05, 0) is 70.6 Å². The summed E-state index contributed by atoms with van der Waals surface area (Å²) in [6.45, 7) is 5.73. The lowest BCUT2D eigenvalue weighted by Gasteiger charge is -2.41. The number of unbranched alkanes of at least 4 members (excludes halogenated alkanes) is 28. The van der Waals surface area contributed by atoms with Gasteiger partial charge in [0.15, 0.2) is 12.4 Å². The number of aliphatic hydroxyl groups excluding tert-OH is 5. The molecule has 1 saturated heterocycles. The maximum atomic E-state index is 13.4. The number of amides is 1. The van der Waals surface area contributed by atoms with E-state index < -0.39 is 67.4 Å². The normalized spacial score (nSPS) is 19.8. The monoisotopic (exact) mass is 1030 g/mol. The summed E-state index contributed by atoms with van der Waals surface area (Å²) in [4.78, 5) is 26.5. The van der Waals surface area contributed by atoms with Gasteiger partial charge >= 0.3 is 5.97 Å². The number of aliphatic hydroxyl groups is 5. The first kappa shape index (κ1) is 68.4. The topological polar surface area (TPSA) is 175 Å². The van der Waals surface area contributed by atoms with Gasteiger partial charge in [0.1, 0.15) is 24.4 Å². The van der Waals surface area contributed by atoms with E-state index in [4.69, 9.17) is 14.2 Å². The first-order valence-electron chi connectivity index (χ1n) is 30.1. The zero-order valence-electron chi connectivity index (χ0n) is 46.7. The predicted octanol–water partition coefficient (Wildman–Crippen LogP) is 13.8. The van der Waals surface area contributed by atoms with Crippen molar-refractivity contribution in [2.24, 2.45) is 0 Å². The van der Waals surface area contributed by atoms with Gasteiger partial charge in [-0.3, -0.25) is 9.59 Å². The van der Waals surface area contributed by atoms with E-state index in [1.54, 1.807) is 6.08 Å². The summed E-state index contributed by atoms with van der Waals surface area (Å²) in [6, 6.07) is -1.03. The molecule has 0 aromatic carbocycles. The van der Waals surface area contributed by atoms with Crippen molar-refractivity contribution in [3.8, 4) is 0 Å². The van der Waals surface area contributed by atoms with Crippen LogP contribution in [0.15, 0.2) is 60.8 Å². The van der Waals surface area contributed by atoms with Crippen molar-refractivity contribution >= 4 is 11.9 Å². The Balaban J connectivity index is 2.68. The van der Waals surface area contributed by atoms with Crippen LogP contribution in [0.2, 0.25) is 0 Å². The molecule has 1 aliphatic heterocycles. The second kappa shape index (κ2) is 50.2. The van der Waals surface area contributed by atoms with Gasteiger partial charge in [-0.25, -0.2) is 0 Å². The van der Waals surface area contributed by atoms with Crippen LogP contribution in [-0.4, -0.2) is 99.6 Å². The van der Waals surface area contributed by atoms with Gasteiger partial charge in [0.2, 0.25) is 5.91 Å². The highest BCUT2D eigenvalue weighted by atomic mass is 16.7. The van der Waals surface area contributed by atoms with Gasteiger partial charge in [0.25, 0.3) is 0 Å². The lowest BCUT2D eigenvalue weighted by molar-refractivity contribution is -0.305. The molecule has 1 fully saturated rings. The van der Waals surface area contributed by atoms with Crippen LogP contribution in [-0.2, 0) is 23.8 Å². The Hall–Kier alpha value is -2.64. The Labute approximate surface area is 446 Å². The largest absolute Gasteiger partial charge is 0.454 e. The predicted molar refractivity (Wildman–Crippen MR) is 301 cm³/mol. The van der Waals surface area contributed by atoms with E-state index in [2.05, 4.69) is 74.7 Å². The fourth-order valence-corrected chi connectivity index (χ4v) is 9.10. The molecule has 1 heterocycles. The number of hydrogen-bond acceptors (Lipinski definition) is 10. The molecule has 73 heavy (non-hydrogen) atoms. The van der Waals surface area contributed by atoms with Gasteiger partial charge in [0, 0.05) is 6.42 Å². The molecule has 1 rings (SSSR count). The fourth-order valence-electron chi connectivity index (χ4n) is 9.10. The van der Waals surface area contributed by atoms with Crippen LogP contribution in [0.1, 0.15) is 258 Å². The number of nitrogens with one attached hydrogen (secondary N) is 1. The number of ether oxygens (including phenoxy) is 3. The van der Waals surface area contributed by atoms with Gasteiger partial charge in [-0.2, -0.15) is 0 Å². The molecule has 0 aliphatic carbocycles. The van der Waals surface area contributed by atoms with Crippen LogP contribution < -0.4 is 5.32 Å². The number of rotatable bonds is 50. The van der Waals surface area contributed by atoms with Gasteiger partial charge in [-0.15, -0.1) is 0 Å². The molecule has 0 saturated carbocycles. The Morgan fingerprint density at radius 2 is 0.945 bits per heavy atom. The second-order valence-electron chi connectivity index (χ2n) is 20.7. The summed E-state index contributed by atoms with van der Waals surface area (Å²) in [7, 11) is 0. The van der Waals surface area contributed by atoms with Crippen LogP contribution in [0.25, 0.3) is 0 Å². The minimum Gasteiger partial charge on any atom is -0.454 e. The third kappa shape index (κ3) is 38.5. The van der Waals surface area contributed by atoms with Crippen molar-refractivity contribution in [1.82, 2.24) is 5.32 Å². The number of carbonyl (C=O) groups excluding carboxylic acids is 2. The first-order valence-corrected chi connectivity index (χ1v) is 30.1. The third-order valence-corrected chi connectivity index (χ3v) is 13.9. The molecule has 6 N–H and O–H groups in total. The van der Waals surface area contributed by atoms with E-state index in [9.17, 15) is 35.1 Å². The maximum Gasteiger partial charge on any atom is 0.306 e. The number of carbonyl (C=O) groups is 2. The summed E-state index contributed by atoms with van der Waals surface area (Å²) < 4.78 is 17.6. The van der Waals surface area contributed by atoms with Crippen molar-refractivity contribution in [1.29, 1.82) is 0 Å². The summed E-state index contributed by atoms with van der Waals surface area (Å²) in [5, 5.41) is 56.8. The van der Waals surface area contributed by atoms with Gasteiger partial charge < -0.3 is 45.1 Å². The van der Waals surface area contributed by atoms with Crippen LogP contribution in [0, 0.1) is 0 Å². The molecule has 0 aromatic heterocycles. The molecule has 1 amide bonds. The molecule has 0 aromatic rings. The average Bonchev–Trinajstić information content (AvgIpc) is 3.39. The molecule has 424 valence electrons. The highest BCUT2D eigenvalue weighted by Crippen LogP contribution is 2.26. The summed E-state index contributed by atoms with van der Waals surface area (Å²) in [5.74, 6) is -1.21. The van der Waals surface area contributed by atoms with E-state index in [1.165, 1.54) is 122 Å². The lowest BCUT2D eigenvalue weighted by atomic mass is 9.99. The van der Waals surface area contributed by atoms with Crippen LogP contribution in [0.3, 0.4) is 0 Å². The number of esters is 1. The molecular formula is C62H111NO10. The first-order chi connectivity index (χ1) is 35.7. The smallest absolute Gasteiger partial charge is 0.306 e. The van der Waals surface area contributed by atoms with Crippen molar-refractivity contribution < 1.29 is 49.3 Å².